The number of hydrogen-bond acceptors (Lipinski definition) is 3. The molecule has 0 radical (unpaired) electrons. The fourth-order valence-electron chi connectivity index (χ4n) is 2.50. The number of nitrogens with zero attached hydrogens (tertiary/aromatic N) is 1. The molecule has 112 valence electrons. The van der Waals surface area contributed by atoms with E-state index in [4.69, 9.17) is 21.6 Å². The van der Waals surface area contributed by atoms with Crippen LogP contribution in [0, 0.1) is 11.3 Å². The molecular weight excluding hydrogens is 288 g/mol. The van der Waals surface area contributed by atoms with Crippen LogP contribution in [0.1, 0.15) is 44.6 Å². The van der Waals surface area contributed by atoms with Crippen molar-refractivity contribution in [3.8, 4) is 11.8 Å². The summed E-state index contributed by atoms with van der Waals surface area (Å²) in [5.41, 5.74) is 0.372. The lowest BCUT2D eigenvalue weighted by Gasteiger charge is -2.24. The van der Waals surface area contributed by atoms with Gasteiger partial charge in [0.25, 0.3) is 5.91 Å². The molecule has 1 saturated carbocycles. The lowest BCUT2D eigenvalue weighted by Crippen LogP contribution is -2.43. The first-order chi connectivity index (χ1) is 10.1. The molecule has 0 spiro atoms. The maximum atomic E-state index is 12.1. The smallest absolute Gasteiger partial charge is 0.260 e. The van der Waals surface area contributed by atoms with E-state index < -0.39 is 6.10 Å². The van der Waals surface area contributed by atoms with Crippen molar-refractivity contribution < 1.29 is 9.53 Å². The second kappa shape index (κ2) is 7.33. The maximum absolute atomic E-state index is 12.1. The molecule has 1 fully saturated rings. The van der Waals surface area contributed by atoms with Crippen molar-refractivity contribution in [2.75, 3.05) is 0 Å². The van der Waals surface area contributed by atoms with Gasteiger partial charge in [0.05, 0.1) is 5.56 Å². The molecule has 1 N–H and O–H groups in total. The van der Waals surface area contributed by atoms with E-state index in [0.29, 0.717) is 16.3 Å². The van der Waals surface area contributed by atoms with Gasteiger partial charge in [0.15, 0.2) is 6.10 Å². The van der Waals surface area contributed by atoms with Gasteiger partial charge in [-0.2, -0.15) is 5.26 Å². The van der Waals surface area contributed by atoms with Crippen LogP contribution in [0.3, 0.4) is 0 Å². The van der Waals surface area contributed by atoms with E-state index in [0.717, 1.165) is 25.7 Å². The lowest BCUT2D eigenvalue weighted by atomic mass is 9.95. The molecule has 1 aliphatic rings. The zero-order valence-electron chi connectivity index (χ0n) is 12.1. The van der Waals surface area contributed by atoms with Gasteiger partial charge in [0.1, 0.15) is 11.8 Å². The summed E-state index contributed by atoms with van der Waals surface area (Å²) in [4.78, 5) is 12.1. The Labute approximate surface area is 130 Å². The molecule has 0 aromatic heterocycles. The number of carbonyl (C=O) groups excluding carboxylic acids is 1. The summed E-state index contributed by atoms with van der Waals surface area (Å²) in [5.74, 6) is 0.196. The molecule has 0 saturated heterocycles. The van der Waals surface area contributed by atoms with Crippen LogP contribution in [0.25, 0.3) is 0 Å². The number of nitrogens with one attached hydrogen (secondary N) is 1. The SMILES string of the molecule is CC(Oc1cc(Cl)ccc1C#N)C(=O)NC1CCCCC1. The number of halogens is 1. The monoisotopic (exact) mass is 306 g/mol. The molecule has 0 aliphatic heterocycles. The standard InChI is InChI=1S/C16H19ClN2O2/c1-11(16(20)19-14-5-3-2-4-6-14)21-15-9-13(17)8-7-12(15)10-18/h7-9,11,14H,2-6H2,1H3,(H,19,20). The van der Waals surface area contributed by atoms with E-state index in [9.17, 15) is 4.79 Å². The Hall–Kier alpha value is -1.73. The Morgan fingerprint density at radius 3 is 2.81 bits per heavy atom. The average molecular weight is 307 g/mol. The molecule has 5 heteroatoms. The number of hydrogen-bond donors (Lipinski definition) is 1. The van der Waals surface area contributed by atoms with Crippen LogP contribution < -0.4 is 10.1 Å². The Morgan fingerprint density at radius 1 is 1.43 bits per heavy atom. The summed E-state index contributed by atoms with van der Waals surface area (Å²) in [6, 6.07) is 7.05. The molecule has 1 atom stereocenters. The van der Waals surface area contributed by atoms with Crippen LogP contribution in [0.2, 0.25) is 5.02 Å². The predicted octanol–water partition coefficient (Wildman–Crippen LogP) is 3.43. The average Bonchev–Trinajstić information content (AvgIpc) is 2.48. The van der Waals surface area contributed by atoms with Gasteiger partial charge in [-0.05, 0) is 31.9 Å². The molecule has 0 heterocycles. The van der Waals surface area contributed by atoms with Crippen molar-refractivity contribution >= 4 is 17.5 Å². The van der Waals surface area contributed by atoms with Gasteiger partial charge in [-0.15, -0.1) is 0 Å². The van der Waals surface area contributed by atoms with Crippen LogP contribution in [0.15, 0.2) is 18.2 Å². The number of nitriles is 1. The van der Waals surface area contributed by atoms with Gasteiger partial charge in [-0.1, -0.05) is 30.9 Å². The topological polar surface area (TPSA) is 62.1 Å². The number of ether oxygens (including phenoxy) is 1. The molecule has 1 aromatic rings. The van der Waals surface area contributed by atoms with Crippen LogP contribution in [-0.2, 0) is 4.79 Å². The molecule has 1 aromatic carbocycles. The molecule has 2 rings (SSSR count). The highest BCUT2D eigenvalue weighted by atomic mass is 35.5. The highest BCUT2D eigenvalue weighted by molar-refractivity contribution is 6.30. The third kappa shape index (κ3) is 4.37. The van der Waals surface area contributed by atoms with Gasteiger partial charge in [-0.3, -0.25) is 4.79 Å². The molecule has 0 bridgehead atoms. The number of benzene rings is 1. The minimum atomic E-state index is -0.655. The van der Waals surface area contributed by atoms with Crippen molar-refractivity contribution in [3.63, 3.8) is 0 Å². The van der Waals surface area contributed by atoms with Crippen molar-refractivity contribution in [3.05, 3.63) is 28.8 Å². The zero-order valence-corrected chi connectivity index (χ0v) is 12.8. The van der Waals surface area contributed by atoms with Crippen LogP contribution in [0.5, 0.6) is 5.75 Å². The number of rotatable bonds is 4. The third-order valence-corrected chi connectivity index (χ3v) is 3.92. The van der Waals surface area contributed by atoms with E-state index in [1.807, 2.05) is 6.07 Å². The van der Waals surface area contributed by atoms with Crippen molar-refractivity contribution in [1.82, 2.24) is 5.32 Å². The predicted molar refractivity (Wildman–Crippen MR) is 81.3 cm³/mol. The highest BCUT2D eigenvalue weighted by Gasteiger charge is 2.21. The molecular formula is C16H19ClN2O2. The van der Waals surface area contributed by atoms with Crippen LogP contribution in [-0.4, -0.2) is 18.1 Å². The quantitative estimate of drug-likeness (QED) is 0.927. The minimum absolute atomic E-state index is 0.147. The fraction of sp³-hybridized carbons (Fsp3) is 0.500. The summed E-state index contributed by atoms with van der Waals surface area (Å²) in [6.45, 7) is 1.68. The highest BCUT2D eigenvalue weighted by Crippen LogP contribution is 2.24. The normalized spacial score (nSPS) is 16.8. The largest absolute Gasteiger partial charge is 0.479 e. The van der Waals surface area contributed by atoms with Crippen molar-refractivity contribution in [2.24, 2.45) is 0 Å². The summed E-state index contributed by atoms with van der Waals surface area (Å²) >= 11 is 5.90. The molecule has 1 unspecified atom stereocenters. The van der Waals surface area contributed by atoms with E-state index in [1.54, 1.807) is 25.1 Å². The minimum Gasteiger partial charge on any atom is -0.479 e. The molecule has 21 heavy (non-hydrogen) atoms. The van der Waals surface area contributed by atoms with Gasteiger partial charge in [-0.25, -0.2) is 0 Å². The van der Waals surface area contributed by atoms with Gasteiger partial charge in [0, 0.05) is 17.1 Å². The van der Waals surface area contributed by atoms with E-state index in [2.05, 4.69) is 5.32 Å². The zero-order chi connectivity index (χ0) is 15.2. The Bertz CT molecular complexity index is 548. The van der Waals surface area contributed by atoms with Gasteiger partial charge < -0.3 is 10.1 Å². The lowest BCUT2D eigenvalue weighted by molar-refractivity contribution is -0.128. The first kappa shape index (κ1) is 15.7. The summed E-state index contributed by atoms with van der Waals surface area (Å²) in [7, 11) is 0. The number of amides is 1. The Morgan fingerprint density at radius 2 is 2.14 bits per heavy atom. The maximum Gasteiger partial charge on any atom is 0.260 e. The second-order valence-corrected chi connectivity index (χ2v) is 5.79. The van der Waals surface area contributed by atoms with Gasteiger partial charge >= 0.3 is 0 Å². The van der Waals surface area contributed by atoms with Crippen molar-refractivity contribution in [2.45, 2.75) is 51.2 Å². The summed E-state index contributed by atoms with van der Waals surface area (Å²) < 4.78 is 5.60. The second-order valence-electron chi connectivity index (χ2n) is 5.36. The Kier molecular flexibility index (Phi) is 5.46. The van der Waals surface area contributed by atoms with E-state index in [1.165, 1.54) is 6.42 Å². The van der Waals surface area contributed by atoms with E-state index in [-0.39, 0.29) is 11.9 Å². The summed E-state index contributed by atoms with van der Waals surface area (Å²) in [6.07, 6.45) is 4.96. The van der Waals surface area contributed by atoms with E-state index >= 15 is 0 Å². The van der Waals surface area contributed by atoms with Crippen LogP contribution >= 0.6 is 11.6 Å². The first-order valence-electron chi connectivity index (χ1n) is 7.27. The summed E-state index contributed by atoms with van der Waals surface area (Å²) in [5, 5.41) is 12.5. The first-order valence-corrected chi connectivity index (χ1v) is 7.64. The van der Waals surface area contributed by atoms with Gasteiger partial charge in [0.2, 0.25) is 0 Å². The number of carbonyl (C=O) groups is 1. The van der Waals surface area contributed by atoms with Crippen molar-refractivity contribution in [1.29, 1.82) is 5.26 Å². The fourth-order valence-corrected chi connectivity index (χ4v) is 2.66. The molecule has 1 aliphatic carbocycles. The Balaban J connectivity index is 1.97. The molecule has 4 nitrogen and oxygen atoms in total. The molecule has 1 amide bonds. The third-order valence-electron chi connectivity index (χ3n) is 3.69. The van der Waals surface area contributed by atoms with Crippen LogP contribution in [0.4, 0.5) is 0 Å².